The summed E-state index contributed by atoms with van der Waals surface area (Å²) < 4.78 is 16.7. The number of carbonyl (C=O) groups excluding carboxylic acids is 3. The molecule has 2 heterocycles. The predicted octanol–water partition coefficient (Wildman–Crippen LogP) is 6.35. The van der Waals surface area contributed by atoms with Crippen LogP contribution in [-0.4, -0.2) is 43.3 Å². The van der Waals surface area contributed by atoms with Crippen molar-refractivity contribution in [3.63, 3.8) is 0 Å². The fraction of sp³-hybridized carbons (Fsp3) is 0.344. The smallest absolute Gasteiger partial charge is 0.414 e. The Labute approximate surface area is 239 Å². The van der Waals surface area contributed by atoms with E-state index < -0.39 is 5.60 Å². The summed E-state index contributed by atoms with van der Waals surface area (Å²) in [5.41, 5.74) is 4.00. The third kappa shape index (κ3) is 6.62. The van der Waals surface area contributed by atoms with Crippen molar-refractivity contribution in [3.05, 3.63) is 76.9 Å². The van der Waals surface area contributed by atoms with Crippen LogP contribution >= 0.6 is 0 Å². The van der Waals surface area contributed by atoms with Gasteiger partial charge in [-0.2, -0.15) is 0 Å². The normalized spacial score (nSPS) is 14.4. The number of nitrogens with one attached hydrogen (secondary N) is 2. The molecule has 3 aromatic rings. The van der Waals surface area contributed by atoms with Gasteiger partial charge in [0.05, 0.1) is 5.69 Å². The van der Waals surface area contributed by atoms with Gasteiger partial charge in [-0.15, -0.1) is 0 Å². The lowest BCUT2D eigenvalue weighted by molar-refractivity contribution is 0.0580. The van der Waals surface area contributed by atoms with Gasteiger partial charge in [0.25, 0.3) is 11.8 Å². The van der Waals surface area contributed by atoms with Crippen LogP contribution < -0.4 is 25.0 Å². The van der Waals surface area contributed by atoms with Crippen molar-refractivity contribution in [2.24, 2.45) is 0 Å². The van der Waals surface area contributed by atoms with Gasteiger partial charge in [0.2, 0.25) is 0 Å². The maximum absolute atomic E-state index is 13.3. The number of nitrogens with zero attached hydrogens (tertiary/aromatic N) is 1. The van der Waals surface area contributed by atoms with E-state index in [0.717, 1.165) is 36.1 Å². The highest BCUT2D eigenvalue weighted by Gasteiger charge is 2.27. The number of ether oxygens (including phenoxy) is 3. The van der Waals surface area contributed by atoms with Crippen LogP contribution in [0.4, 0.5) is 21.9 Å². The zero-order valence-electron chi connectivity index (χ0n) is 23.8. The van der Waals surface area contributed by atoms with E-state index in [1.807, 2.05) is 45.9 Å². The summed E-state index contributed by atoms with van der Waals surface area (Å²) in [7, 11) is 0. The lowest BCUT2D eigenvalue weighted by atomic mass is 10.0. The number of rotatable bonds is 4. The summed E-state index contributed by atoms with van der Waals surface area (Å²) >= 11 is 0. The molecule has 41 heavy (non-hydrogen) atoms. The number of carbonyl (C=O) groups is 3. The van der Waals surface area contributed by atoms with Crippen molar-refractivity contribution in [3.8, 4) is 11.5 Å². The second kappa shape index (κ2) is 11.5. The zero-order valence-corrected chi connectivity index (χ0v) is 23.8. The molecule has 214 valence electrons. The standard InChI is InChI=1S/C32H35N3O6/c1-20-8-11-24(33-29(36)23-10-13-27-28(18-23)40-16-15-39-27)19-25(20)34-30(37)22-9-12-26-21(17-22)7-5-6-14-35(26)31(38)41-32(2,3)4/h8-13,17-19H,5-7,14-16H2,1-4H3,(H,33,36)(H,34,37). The first-order valence-electron chi connectivity index (χ1n) is 13.8. The lowest BCUT2D eigenvalue weighted by Gasteiger charge is -2.27. The maximum Gasteiger partial charge on any atom is 0.414 e. The van der Waals surface area contributed by atoms with Crippen LogP contribution in [0.1, 0.15) is 65.5 Å². The van der Waals surface area contributed by atoms with Gasteiger partial charge >= 0.3 is 6.09 Å². The average molecular weight is 558 g/mol. The van der Waals surface area contributed by atoms with Crippen LogP contribution in [0.25, 0.3) is 0 Å². The molecule has 0 fully saturated rings. The third-order valence-electron chi connectivity index (χ3n) is 6.87. The highest BCUT2D eigenvalue weighted by molar-refractivity contribution is 6.07. The summed E-state index contributed by atoms with van der Waals surface area (Å²) in [4.78, 5) is 40.8. The highest BCUT2D eigenvalue weighted by Crippen LogP contribution is 2.32. The van der Waals surface area contributed by atoms with E-state index in [9.17, 15) is 14.4 Å². The number of aryl methyl sites for hydroxylation is 2. The molecule has 2 aliphatic heterocycles. The Morgan fingerprint density at radius 1 is 0.829 bits per heavy atom. The molecule has 0 radical (unpaired) electrons. The van der Waals surface area contributed by atoms with Gasteiger partial charge < -0.3 is 24.8 Å². The fourth-order valence-corrected chi connectivity index (χ4v) is 4.82. The predicted molar refractivity (Wildman–Crippen MR) is 157 cm³/mol. The molecule has 9 nitrogen and oxygen atoms in total. The lowest BCUT2D eigenvalue weighted by Crippen LogP contribution is -2.37. The third-order valence-corrected chi connectivity index (χ3v) is 6.87. The van der Waals surface area contributed by atoms with Gasteiger partial charge in [0, 0.05) is 29.0 Å². The van der Waals surface area contributed by atoms with E-state index >= 15 is 0 Å². The van der Waals surface area contributed by atoms with Gasteiger partial charge in [0.15, 0.2) is 11.5 Å². The molecule has 0 unspecified atom stereocenters. The van der Waals surface area contributed by atoms with Crippen molar-refractivity contribution < 1.29 is 28.6 Å². The first-order valence-corrected chi connectivity index (χ1v) is 13.8. The minimum absolute atomic E-state index is 0.278. The minimum atomic E-state index is -0.598. The molecule has 0 aromatic heterocycles. The number of amides is 3. The Bertz CT molecular complexity index is 1490. The molecule has 3 amide bonds. The molecular weight excluding hydrogens is 522 g/mol. The van der Waals surface area contributed by atoms with E-state index in [4.69, 9.17) is 14.2 Å². The largest absolute Gasteiger partial charge is 0.486 e. The Morgan fingerprint density at radius 3 is 2.32 bits per heavy atom. The van der Waals surface area contributed by atoms with E-state index in [2.05, 4.69) is 10.6 Å². The SMILES string of the molecule is Cc1ccc(NC(=O)c2ccc3c(c2)OCCO3)cc1NC(=O)c1ccc2c(c1)CCCCN2C(=O)OC(C)(C)C. The van der Waals surface area contributed by atoms with Crippen molar-refractivity contribution in [1.82, 2.24) is 0 Å². The number of hydrogen-bond acceptors (Lipinski definition) is 6. The molecule has 0 saturated heterocycles. The summed E-state index contributed by atoms with van der Waals surface area (Å²) in [6.45, 7) is 8.90. The Kier molecular flexibility index (Phi) is 7.88. The second-order valence-corrected chi connectivity index (χ2v) is 11.2. The molecule has 3 aromatic carbocycles. The number of hydrogen-bond donors (Lipinski definition) is 2. The molecule has 0 aliphatic carbocycles. The monoisotopic (exact) mass is 557 g/mol. The first kappa shape index (κ1) is 28.0. The molecule has 2 N–H and O–H groups in total. The molecule has 9 heteroatoms. The number of fused-ring (bicyclic) bond motifs is 2. The van der Waals surface area contributed by atoms with Crippen LogP contribution in [0, 0.1) is 6.92 Å². The van der Waals surface area contributed by atoms with Crippen LogP contribution in [0.5, 0.6) is 11.5 Å². The Hall–Kier alpha value is -4.53. The zero-order chi connectivity index (χ0) is 29.1. The number of benzene rings is 3. The van der Waals surface area contributed by atoms with Crippen molar-refractivity contribution >= 4 is 35.0 Å². The molecule has 0 atom stereocenters. The van der Waals surface area contributed by atoms with Gasteiger partial charge in [-0.05, 0) is 107 Å². The summed E-state index contributed by atoms with van der Waals surface area (Å²) in [6.07, 6.45) is 2.13. The summed E-state index contributed by atoms with van der Waals surface area (Å²) in [5.74, 6) is 0.571. The van der Waals surface area contributed by atoms with E-state index in [1.54, 1.807) is 41.3 Å². The highest BCUT2D eigenvalue weighted by atomic mass is 16.6. The minimum Gasteiger partial charge on any atom is -0.486 e. The van der Waals surface area contributed by atoms with E-state index in [0.29, 0.717) is 53.8 Å². The van der Waals surface area contributed by atoms with Gasteiger partial charge in [0.1, 0.15) is 18.8 Å². The Morgan fingerprint density at radius 2 is 1.54 bits per heavy atom. The van der Waals surface area contributed by atoms with Crippen LogP contribution in [-0.2, 0) is 11.2 Å². The van der Waals surface area contributed by atoms with Crippen molar-refractivity contribution in [2.45, 2.75) is 52.6 Å². The molecule has 0 spiro atoms. The average Bonchev–Trinajstić information content (AvgIpc) is 3.16. The Balaban J connectivity index is 1.30. The molecule has 2 aliphatic rings. The van der Waals surface area contributed by atoms with Gasteiger partial charge in [-0.25, -0.2) is 4.79 Å². The molecule has 0 bridgehead atoms. The van der Waals surface area contributed by atoms with Crippen molar-refractivity contribution in [2.75, 3.05) is 35.3 Å². The van der Waals surface area contributed by atoms with Crippen LogP contribution in [0.3, 0.4) is 0 Å². The fourth-order valence-electron chi connectivity index (χ4n) is 4.82. The van der Waals surface area contributed by atoms with Crippen molar-refractivity contribution in [1.29, 1.82) is 0 Å². The van der Waals surface area contributed by atoms with E-state index in [1.165, 1.54) is 0 Å². The molecule has 5 rings (SSSR count). The maximum atomic E-state index is 13.3. The molecule has 0 saturated carbocycles. The second-order valence-electron chi connectivity index (χ2n) is 11.2. The first-order chi connectivity index (χ1) is 19.6. The van der Waals surface area contributed by atoms with Gasteiger partial charge in [-0.3, -0.25) is 14.5 Å². The summed E-state index contributed by atoms with van der Waals surface area (Å²) in [6, 6.07) is 15.8. The molecular formula is C32H35N3O6. The topological polar surface area (TPSA) is 106 Å². The van der Waals surface area contributed by atoms with Crippen LogP contribution in [0.15, 0.2) is 54.6 Å². The van der Waals surface area contributed by atoms with Gasteiger partial charge in [-0.1, -0.05) is 6.07 Å². The van der Waals surface area contributed by atoms with Crippen LogP contribution in [0.2, 0.25) is 0 Å². The van der Waals surface area contributed by atoms with E-state index in [-0.39, 0.29) is 17.9 Å². The number of anilines is 3. The summed E-state index contributed by atoms with van der Waals surface area (Å²) in [5, 5.41) is 5.87. The quantitative estimate of drug-likeness (QED) is 0.387.